The average Bonchev–Trinajstić information content (AvgIpc) is 2.65. The first kappa shape index (κ1) is 17.7. The van der Waals surface area contributed by atoms with E-state index in [9.17, 15) is 9.59 Å². The molecular weight excluding hydrogens is 330 g/mol. The van der Waals surface area contributed by atoms with E-state index < -0.39 is 0 Å². The number of rotatable bonds is 6. The molecule has 0 spiro atoms. The molecule has 0 atom stereocenters. The maximum atomic E-state index is 12.1. The summed E-state index contributed by atoms with van der Waals surface area (Å²) in [6.45, 7) is 5.03. The van der Waals surface area contributed by atoms with Crippen molar-refractivity contribution in [2.75, 3.05) is 13.2 Å². The first-order valence-corrected chi connectivity index (χ1v) is 8.56. The van der Waals surface area contributed by atoms with E-state index >= 15 is 0 Å². The van der Waals surface area contributed by atoms with Gasteiger partial charge in [0.2, 0.25) is 0 Å². The van der Waals surface area contributed by atoms with Crippen LogP contribution in [0.15, 0.2) is 53.5 Å². The van der Waals surface area contributed by atoms with Gasteiger partial charge in [0.05, 0.1) is 6.54 Å². The number of carbonyl (C=O) groups is 1. The zero-order valence-corrected chi connectivity index (χ0v) is 14.9. The van der Waals surface area contributed by atoms with Crippen molar-refractivity contribution in [1.29, 1.82) is 0 Å². The van der Waals surface area contributed by atoms with E-state index in [0.29, 0.717) is 31.0 Å². The molecule has 26 heavy (non-hydrogen) atoms. The number of pyridine rings is 2. The van der Waals surface area contributed by atoms with Gasteiger partial charge in [0, 0.05) is 35.5 Å². The summed E-state index contributed by atoms with van der Waals surface area (Å²) in [6.07, 6.45) is 1.62. The average molecular weight is 351 g/mol. The Morgan fingerprint density at radius 1 is 1.23 bits per heavy atom. The van der Waals surface area contributed by atoms with Crippen LogP contribution in [0.3, 0.4) is 0 Å². The fraction of sp³-hybridized carbons (Fsp3) is 0.250. The van der Waals surface area contributed by atoms with Crippen molar-refractivity contribution in [3.8, 4) is 5.75 Å². The van der Waals surface area contributed by atoms with E-state index in [2.05, 4.69) is 10.3 Å². The number of benzene rings is 1. The number of para-hydroxylation sites is 1. The Balaban J connectivity index is 1.59. The second-order valence-corrected chi connectivity index (χ2v) is 5.92. The molecule has 0 unspecified atom stereocenters. The highest BCUT2D eigenvalue weighted by Gasteiger charge is 2.08. The van der Waals surface area contributed by atoms with Gasteiger partial charge in [-0.05, 0) is 32.0 Å². The maximum absolute atomic E-state index is 12.1. The number of aromatic nitrogens is 2. The molecule has 0 radical (unpaired) electrons. The third kappa shape index (κ3) is 3.91. The summed E-state index contributed by atoms with van der Waals surface area (Å²) >= 11 is 0. The van der Waals surface area contributed by atoms with Gasteiger partial charge in [-0.3, -0.25) is 9.59 Å². The van der Waals surface area contributed by atoms with Crippen LogP contribution in [0.1, 0.15) is 23.0 Å². The number of hydrogen-bond acceptors (Lipinski definition) is 4. The van der Waals surface area contributed by atoms with Crippen LogP contribution in [-0.2, 0) is 6.54 Å². The monoisotopic (exact) mass is 351 g/mol. The van der Waals surface area contributed by atoms with Gasteiger partial charge in [0.15, 0.2) is 0 Å². The van der Waals surface area contributed by atoms with Crippen molar-refractivity contribution >= 4 is 16.8 Å². The van der Waals surface area contributed by atoms with Gasteiger partial charge in [-0.1, -0.05) is 18.2 Å². The maximum Gasteiger partial charge on any atom is 0.251 e. The zero-order valence-electron chi connectivity index (χ0n) is 14.9. The molecular formula is C20H21N3O3. The molecule has 1 N–H and O–H groups in total. The van der Waals surface area contributed by atoms with Crippen LogP contribution in [0.5, 0.6) is 5.75 Å². The lowest BCUT2D eigenvalue weighted by Crippen LogP contribution is -2.30. The number of amides is 1. The topological polar surface area (TPSA) is 73.2 Å². The standard InChI is InChI=1S/C20H21N3O3/c1-3-23-11-9-16(13-18(23)24)20(25)21-10-12-26-17-6-4-5-15-8-7-14(2)22-19(15)17/h4-9,11,13H,3,10,12H2,1-2H3,(H,21,25). The number of fused-ring (bicyclic) bond motifs is 1. The van der Waals surface area contributed by atoms with Crippen LogP contribution < -0.4 is 15.6 Å². The van der Waals surface area contributed by atoms with Crippen molar-refractivity contribution in [2.24, 2.45) is 0 Å². The van der Waals surface area contributed by atoms with Gasteiger partial charge in [0.1, 0.15) is 17.9 Å². The number of ether oxygens (including phenoxy) is 1. The smallest absolute Gasteiger partial charge is 0.251 e. The molecule has 3 aromatic rings. The predicted octanol–water partition coefficient (Wildman–Crippen LogP) is 2.53. The van der Waals surface area contributed by atoms with Crippen LogP contribution in [0, 0.1) is 6.92 Å². The number of nitrogens with one attached hydrogen (secondary N) is 1. The number of nitrogens with zero attached hydrogens (tertiary/aromatic N) is 2. The molecule has 3 rings (SSSR count). The zero-order chi connectivity index (χ0) is 18.5. The minimum atomic E-state index is -0.291. The lowest BCUT2D eigenvalue weighted by molar-refractivity contribution is 0.0947. The third-order valence-electron chi connectivity index (χ3n) is 4.07. The molecule has 0 bridgehead atoms. The highest BCUT2D eigenvalue weighted by atomic mass is 16.5. The number of carbonyl (C=O) groups excluding carboxylic acids is 1. The summed E-state index contributed by atoms with van der Waals surface area (Å²) in [7, 11) is 0. The second-order valence-electron chi connectivity index (χ2n) is 5.92. The van der Waals surface area contributed by atoms with Crippen LogP contribution in [0.4, 0.5) is 0 Å². The molecule has 0 aliphatic rings. The SMILES string of the molecule is CCn1ccc(C(=O)NCCOc2cccc3ccc(C)nc23)cc1=O. The van der Waals surface area contributed by atoms with E-state index in [-0.39, 0.29) is 11.5 Å². The molecule has 0 fully saturated rings. The Morgan fingerprint density at radius 2 is 2.08 bits per heavy atom. The molecule has 0 saturated carbocycles. The van der Waals surface area contributed by atoms with Crippen molar-refractivity contribution < 1.29 is 9.53 Å². The van der Waals surface area contributed by atoms with Crippen LogP contribution in [0.2, 0.25) is 0 Å². The summed E-state index contributed by atoms with van der Waals surface area (Å²) in [5, 5.41) is 3.77. The van der Waals surface area contributed by atoms with Gasteiger partial charge in [-0.25, -0.2) is 4.98 Å². The molecule has 6 nitrogen and oxygen atoms in total. The van der Waals surface area contributed by atoms with Gasteiger partial charge in [0.25, 0.3) is 11.5 Å². The highest BCUT2D eigenvalue weighted by molar-refractivity contribution is 5.94. The summed E-state index contributed by atoms with van der Waals surface area (Å²) < 4.78 is 7.31. The summed E-state index contributed by atoms with van der Waals surface area (Å²) in [4.78, 5) is 28.4. The molecule has 0 aliphatic heterocycles. The largest absolute Gasteiger partial charge is 0.489 e. The first-order chi connectivity index (χ1) is 12.6. The van der Waals surface area contributed by atoms with E-state index in [1.54, 1.807) is 12.3 Å². The molecule has 0 saturated heterocycles. The fourth-order valence-electron chi connectivity index (χ4n) is 2.67. The highest BCUT2D eigenvalue weighted by Crippen LogP contribution is 2.23. The summed E-state index contributed by atoms with van der Waals surface area (Å²) in [5.41, 5.74) is 1.89. The van der Waals surface area contributed by atoms with Crippen molar-refractivity contribution in [3.63, 3.8) is 0 Å². The first-order valence-electron chi connectivity index (χ1n) is 8.56. The van der Waals surface area contributed by atoms with Gasteiger partial charge < -0.3 is 14.6 Å². The van der Waals surface area contributed by atoms with Crippen molar-refractivity contribution in [1.82, 2.24) is 14.9 Å². The molecule has 2 heterocycles. The number of aryl methyl sites for hydroxylation is 2. The van der Waals surface area contributed by atoms with E-state index in [4.69, 9.17) is 4.74 Å². The Morgan fingerprint density at radius 3 is 2.85 bits per heavy atom. The molecule has 6 heteroatoms. The third-order valence-corrected chi connectivity index (χ3v) is 4.07. The molecule has 134 valence electrons. The van der Waals surface area contributed by atoms with Crippen LogP contribution in [0.25, 0.3) is 10.9 Å². The summed E-state index contributed by atoms with van der Waals surface area (Å²) in [6, 6.07) is 12.7. The predicted molar refractivity (Wildman–Crippen MR) is 101 cm³/mol. The Bertz CT molecular complexity index is 995. The number of hydrogen-bond donors (Lipinski definition) is 1. The Labute approximate surface area is 151 Å². The Hall–Kier alpha value is -3.15. The van der Waals surface area contributed by atoms with Gasteiger partial charge in [-0.15, -0.1) is 0 Å². The van der Waals surface area contributed by atoms with E-state index in [1.807, 2.05) is 44.2 Å². The lowest BCUT2D eigenvalue weighted by Gasteiger charge is -2.10. The molecule has 1 aromatic carbocycles. The van der Waals surface area contributed by atoms with Gasteiger partial charge in [-0.2, -0.15) is 0 Å². The molecule has 2 aromatic heterocycles. The normalized spacial score (nSPS) is 10.7. The molecule has 1 amide bonds. The molecule has 0 aliphatic carbocycles. The quantitative estimate of drug-likeness (QED) is 0.693. The lowest BCUT2D eigenvalue weighted by atomic mass is 10.2. The Kier molecular flexibility index (Phi) is 5.31. The van der Waals surface area contributed by atoms with E-state index in [1.165, 1.54) is 10.6 Å². The van der Waals surface area contributed by atoms with Crippen LogP contribution in [-0.4, -0.2) is 28.6 Å². The minimum Gasteiger partial charge on any atom is -0.489 e. The minimum absolute atomic E-state index is 0.186. The van der Waals surface area contributed by atoms with Crippen molar-refractivity contribution in [3.05, 3.63) is 70.3 Å². The van der Waals surface area contributed by atoms with Gasteiger partial charge >= 0.3 is 0 Å². The fourth-order valence-corrected chi connectivity index (χ4v) is 2.67. The van der Waals surface area contributed by atoms with E-state index in [0.717, 1.165) is 16.6 Å². The summed E-state index contributed by atoms with van der Waals surface area (Å²) in [5.74, 6) is 0.395. The second kappa shape index (κ2) is 7.82. The van der Waals surface area contributed by atoms with Crippen LogP contribution >= 0.6 is 0 Å². The van der Waals surface area contributed by atoms with Crippen molar-refractivity contribution in [2.45, 2.75) is 20.4 Å².